The van der Waals surface area contributed by atoms with Gasteiger partial charge in [0, 0.05) is 33.2 Å². The lowest BCUT2D eigenvalue weighted by Gasteiger charge is -2.29. The van der Waals surface area contributed by atoms with Gasteiger partial charge in [0.05, 0.1) is 31.7 Å². The molecule has 11 heteroatoms. The van der Waals surface area contributed by atoms with E-state index in [-0.39, 0.29) is 43.5 Å². The van der Waals surface area contributed by atoms with E-state index in [4.69, 9.17) is 9.47 Å². The molecule has 2 aromatic carbocycles. The van der Waals surface area contributed by atoms with Crippen LogP contribution < -0.4 is 20.7 Å². The van der Waals surface area contributed by atoms with Crippen LogP contribution in [0.15, 0.2) is 48.5 Å². The molecule has 0 radical (unpaired) electrons. The van der Waals surface area contributed by atoms with E-state index in [1.165, 1.54) is 4.90 Å². The molecule has 232 valence electrons. The van der Waals surface area contributed by atoms with Crippen molar-refractivity contribution < 1.29 is 28.7 Å². The number of hydrogen-bond acceptors (Lipinski definition) is 7. The highest BCUT2D eigenvalue weighted by Crippen LogP contribution is 2.19. The maximum absolute atomic E-state index is 13.5. The molecule has 43 heavy (non-hydrogen) atoms. The Morgan fingerprint density at radius 1 is 1.00 bits per heavy atom. The zero-order valence-corrected chi connectivity index (χ0v) is 25.3. The smallest absolute Gasteiger partial charge is 0.255 e. The van der Waals surface area contributed by atoms with Crippen molar-refractivity contribution in [1.29, 1.82) is 0 Å². The topological polar surface area (TPSA) is 129 Å². The largest absolute Gasteiger partial charge is 0.491 e. The number of carbonyl (C=O) groups excluding carboxylic acids is 4. The average Bonchev–Trinajstić information content (AvgIpc) is 3.01. The number of rotatable bonds is 7. The summed E-state index contributed by atoms with van der Waals surface area (Å²) in [5, 5.41) is 8.44. The summed E-state index contributed by atoms with van der Waals surface area (Å²) < 4.78 is 11.3. The van der Waals surface area contributed by atoms with Crippen molar-refractivity contribution in [3.8, 4) is 5.75 Å². The maximum atomic E-state index is 13.5. The second-order valence-electron chi connectivity index (χ2n) is 11.2. The molecular formula is C32H43N5O6. The van der Waals surface area contributed by atoms with Gasteiger partial charge in [0.25, 0.3) is 5.91 Å². The Kier molecular flexibility index (Phi) is 11.5. The van der Waals surface area contributed by atoms with Crippen molar-refractivity contribution in [3.63, 3.8) is 0 Å². The number of fused-ring (bicyclic) bond motifs is 1. The van der Waals surface area contributed by atoms with Gasteiger partial charge in [-0.15, -0.1) is 0 Å². The Bertz CT molecular complexity index is 1280. The molecule has 0 bridgehead atoms. The standard InChI is InChI=1S/C32H43N5O6/c1-4-22(2)29-32(41)36(3)12-17-43-27-11-6-5-10-25(27)30(39)34-26(19-28(38)35-29)31(40)33-20-23-8-7-9-24(18-23)21-37-13-15-42-16-14-37/h5-11,18,22,26,29H,4,12-17,19-21H2,1-3H3,(H,33,40)(H,34,39)(H,35,38)/t22-,26-,29-/m0/s1. The van der Waals surface area contributed by atoms with E-state index < -0.39 is 29.8 Å². The van der Waals surface area contributed by atoms with Crippen LogP contribution in [0.2, 0.25) is 0 Å². The summed E-state index contributed by atoms with van der Waals surface area (Å²) >= 11 is 0. The van der Waals surface area contributed by atoms with Crippen molar-refractivity contribution in [3.05, 3.63) is 65.2 Å². The van der Waals surface area contributed by atoms with Crippen LogP contribution in [0.25, 0.3) is 0 Å². The Hall–Kier alpha value is -3.96. The van der Waals surface area contributed by atoms with E-state index in [1.807, 2.05) is 32.0 Å². The minimum Gasteiger partial charge on any atom is -0.491 e. The first kappa shape index (κ1) is 32.0. The summed E-state index contributed by atoms with van der Waals surface area (Å²) in [6.07, 6.45) is 0.335. The van der Waals surface area contributed by atoms with Crippen LogP contribution in [0.5, 0.6) is 5.75 Å². The van der Waals surface area contributed by atoms with Crippen molar-refractivity contribution >= 4 is 23.6 Å². The first-order valence-corrected chi connectivity index (χ1v) is 15.0. The van der Waals surface area contributed by atoms with Gasteiger partial charge in [0.1, 0.15) is 24.4 Å². The molecule has 0 unspecified atom stereocenters. The van der Waals surface area contributed by atoms with Gasteiger partial charge in [-0.2, -0.15) is 0 Å². The van der Waals surface area contributed by atoms with Crippen LogP contribution in [0.1, 0.15) is 48.2 Å². The summed E-state index contributed by atoms with van der Waals surface area (Å²) in [5.74, 6) is -1.58. The molecule has 2 heterocycles. The lowest BCUT2D eigenvalue weighted by molar-refractivity contribution is -0.137. The van der Waals surface area contributed by atoms with Crippen LogP contribution in [0.3, 0.4) is 0 Å². The number of ether oxygens (including phenoxy) is 2. The molecule has 0 spiro atoms. The van der Waals surface area contributed by atoms with Crippen molar-refractivity contribution in [1.82, 2.24) is 25.8 Å². The third-order valence-corrected chi connectivity index (χ3v) is 7.97. The molecule has 4 rings (SSSR count). The first-order chi connectivity index (χ1) is 20.7. The third-order valence-electron chi connectivity index (χ3n) is 7.97. The zero-order valence-electron chi connectivity index (χ0n) is 25.3. The number of likely N-dealkylation sites (N-methyl/N-ethyl adjacent to an activating group) is 1. The molecule has 1 fully saturated rings. The molecule has 11 nitrogen and oxygen atoms in total. The molecule has 3 atom stereocenters. The number of nitrogens with one attached hydrogen (secondary N) is 3. The minimum absolute atomic E-state index is 0.139. The molecule has 0 aromatic heterocycles. The molecule has 2 aromatic rings. The molecule has 2 aliphatic rings. The third kappa shape index (κ3) is 9.01. The molecular weight excluding hydrogens is 550 g/mol. The Morgan fingerprint density at radius 3 is 2.51 bits per heavy atom. The maximum Gasteiger partial charge on any atom is 0.255 e. The highest BCUT2D eigenvalue weighted by molar-refractivity contribution is 6.01. The second-order valence-corrected chi connectivity index (χ2v) is 11.2. The second kappa shape index (κ2) is 15.5. The van der Waals surface area contributed by atoms with Gasteiger partial charge in [0.2, 0.25) is 17.7 Å². The van der Waals surface area contributed by atoms with Crippen LogP contribution in [0, 0.1) is 5.92 Å². The monoisotopic (exact) mass is 593 g/mol. The number of hydrogen-bond donors (Lipinski definition) is 3. The van der Waals surface area contributed by atoms with Crippen LogP contribution in [0.4, 0.5) is 0 Å². The van der Waals surface area contributed by atoms with Crippen LogP contribution in [-0.2, 0) is 32.2 Å². The van der Waals surface area contributed by atoms with Crippen LogP contribution >= 0.6 is 0 Å². The summed E-state index contributed by atoms with van der Waals surface area (Å²) in [6.45, 7) is 8.47. The summed E-state index contributed by atoms with van der Waals surface area (Å²) in [5.41, 5.74) is 2.27. The number of carbonyl (C=O) groups is 4. The molecule has 2 aliphatic heterocycles. The molecule has 4 amide bonds. The predicted molar refractivity (Wildman–Crippen MR) is 161 cm³/mol. The number of amides is 4. The highest BCUT2D eigenvalue weighted by atomic mass is 16.5. The lowest BCUT2D eigenvalue weighted by Crippen LogP contribution is -2.54. The van der Waals surface area contributed by atoms with Crippen molar-refractivity contribution in [2.24, 2.45) is 5.92 Å². The Balaban J connectivity index is 1.51. The zero-order chi connectivity index (χ0) is 30.8. The van der Waals surface area contributed by atoms with Gasteiger partial charge in [-0.1, -0.05) is 56.7 Å². The van der Waals surface area contributed by atoms with Gasteiger partial charge in [0.15, 0.2) is 0 Å². The molecule has 1 saturated heterocycles. The fourth-order valence-electron chi connectivity index (χ4n) is 5.13. The lowest BCUT2D eigenvalue weighted by atomic mass is 9.97. The van der Waals surface area contributed by atoms with Crippen molar-refractivity contribution in [2.75, 3.05) is 46.5 Å². The fourth-order valence-corrected chi connectivity index (χ4v) is 5.13. The quantitative estimate of drug-likeness (QED) is 0.446. The van der Waals surface area contributed by atoms with Gasteiger partial charge in [-0.3, -0.25) is 24.1 Å². The summed E-state index contributed by atoms with van der Waals surface area (Å²) in [4.78, 5) is 57.2. The molecule has 3 N–H and O–H groups in total. The normalized spacial score (nSPS) is 21.5. The van der Waals surface area contributed by atoms with Gasteiger partial charge in [-0.25, -0.2) is 0 Å². The van der Waals surface area contributed by atoms with Crippen molar-refractivity contribution in [2.45, 2.75) is 51.9 Å². The van der Waals surface area contributed by atoms with E-state index >= 15 is 0 Å². The number of para-hydroxylation sites is 1. The summed E-state index contributed by atoms with van der Waals surface area (Å²) in [7, 11) is 1.66. The van der Waals surface area contributed by atoms with E-state index in [0.717, 1.165) is 44.0 Å². The van der Waals surface area contributed by atoms with Gasteiger partial charge >= 0.3 is 0 Å². The summed E-state index contributed by atoms with van der Waals surface area (Å²) in [6, 6.07) is 12.7. The fraction of sp³-hybridized carbons (Fsp3) is 0.500. The first-order valence-electron chi connectivity index (χ1n) is 15.0. The molecule has 0 saturated carbocycles. The predicted octanol–water partition coefficient (Wildman–Crippen LogP) is 1.71. The van der Waals surface area contributed by atoms with E-state index in [0.29, 0.717) is 12.2 Å². The van der Waals surface area contributed by atoms with E-state index in [9.17, 15) is 19.2 Å². The highest BCUT2D eigenvalue weighted by Gasteiger charge is 2.32. The van der Waals surface area contributed by atoms with E-state index in [2.05, 4.69) is 26.9 Å². The Labute approximate surface area is 253 Å². The number of nitrogens with zero attached hydrogens (tertiary/aromatic N) is 2. The minimum atomic E-state index is -1.18. The van der Waals surface area contributed by atoms with Gasteiger partial charge in [-0.05, 0) is 29.2 Å². The molecule has 0 aliphatic carbocycles. The van der Waals surface area contributed by atoms with Crippen LogP contribution in [-0.4, -0.2) is 92.0 Å². The number of morpholine rings is 1. The SMILES string of the molecule is CC[C@H](C)[C@@H]1NC(=O)C[C@@H](C(=O)NCc2cccc(CN3CCOCC3)c2)NC(=O)c2ccccc2OCCN(C)C1=O. The Morgan fingerprint density at radius 2 is 1.74 bits per heavy atom. The number of benzene rings is 2. The van der Waals surface area contributed by atoms with Gasteiger partial charge < -0.3 is 30.3 Å². The van der Waals surface area contributed by atoms with E-state index in [1.54, 1.807) is 31.3 Å². The average molecular weight is 594 g/mol.